The van der Waals surface area contributed by atoms with Crippen LogP contribution in [0.3, 0.4) is 0 Å². The fraction of sp³-hybridized carbons (Fsp3) is 0.800. The minimum absolute atomic E-state index is 0.156. The molecule has 2 unspecified atom stereocenters. The summed E-state index contributed by atoms with van der Waals surface area (Å²) in [6.45, 7) is 12.9. The van der Waals surface area contributed by atoms with Crippen LogP contribution in [0.15, 0.2) is 0 Å². The average molecular weight is 302 g/mol. The first kappa shape index (κ1) is 17.5. The lowest BCUT2D eigenvalue weighted by molar-refractivity contribution is 0.0471. The molecule has 0 radical (unpaired) electrons. The highest BCUT2D eigenvalue weighted by Crippen LogP contribution is 2.22. The molecule has 0 bridgehead atoms. The molecular weight excluding hydrogens is 274 g/mol. The molecule has 5 heteroatoms. The van der Waals surface area contributed by atoms with Gasteiger partial charge >= 0.3 is 0 Å². The average Bonchev–Trinajstić information content (AvgIpc) is 2.70. The molecule has 0 fully saturated rings. The zero-order valence-corrected chi connectivity index (χ0v) is 14.1. The summed E-state index contributed by atoms with van der Waals surface area (Å²) in [7, 11) is 0. The molecule has 0 aliphatic rings. The normalized spacial score (nSPS) is 14.5. The third-order valence-corrected chi connectivity index (χ3v) is 4.01. The van der Waals surface area contributed by atoms with E-state index in [-0.39, 0.29) is 12.1 Å². The van der Waals surface area contributed by atoms with Crippen LogP contribution in [-0.4, -0.2) is 35.1 Å². The lowest BCUT2D eigenvalue weighted by atomic mass is 10.1. The third-order valence-electron chi connectivity index (χ3n) is 3.52. The fourth-order valence-corrected chi connectivity index (χ4v) is 2.60. The Labute approximate surface area is 127 Å². The van der Waals surface area contributed by atoms with E-state index in [1.165, 1.54) is 0 Å². The summed E-state index contributed by atoms with van der Waals surface area (Å²) in [5.41, 5.74) is 2.01. The number of rotatable bonds is 9. The number of hydrogen-bond acceptors (Lipinski definition) is 3. The fourth-order valence-electron chi connectivity index (χ4n) is 2.39. The number of halogens is 1. The molecule has 1 heterocycles. The minimum Gasteiger partial charge on any atom is -0.377 e. The van der Waals surface area contributed by atoms with Crippen molar-refractivity contribution in [2.24, 2.45) is 0 Å². The van der Waals surface area contributed by atoms with Crippen LogP contribution in [0.1, 0.15) is 45.5 Å². The van der Waals surface area contributed by atoms with Crippen molar-refractivity contribution in [3.63, 3.8) is 0 Å². The first-order valence-corrected chi connectivity index (χ1v) is 7.99. The maximum Gasteiger partial charge on any atom is 0.0847 e. The Morgan fingerprint density at radius 2 is 2.05 bits per heavy atom. The highest BCUT2D eigenvalue weighted by atomic mass is 35.5. The van der Waals surface area contributed by atoms with Gasteiger partial charge in [0.05, 0.1) is 22.5 Å². The second kappa shape index (κ2) is 8.65. The molecular formula is C15H28ClN3O. The van der Waals surface area contributed by atoms with Crippen molar-refractivity contribution in [3.05, 3.63) is 16.4 Å². The Morgan fingerprint density at radius 1 is 1.35 bits per heavy atom. The van der Waals surface area contributed by atoms with Gasteiger partial charge in [-0.1, -0.05) is 18.5 Å². The van der Waals surface area contributed by atoms with Crippen LogP contribution in [-0.2, 0) is 17.7 Å². The van der Waals surface area contributed by atoms with Crippen molar-refractivity contribution in [1.82, 2.24) is 15.1 Å². The Kier molecular flexibility index (Phi) is 7.56. The van der Waals surface area contributed by atoms with Crippen molar-refractivity contribution >= 4 is 11.6 Å². The second-order valence-corrected chi connectivity index (χ2v) is 5.47. The van der Waals surface area contributed by atoms with E-state index in [9.17, 15) is 0 Å². The van der Waals surface area contributed by atoms with Crippen molar-refractivity contribution in [2.45, 2.75) is 66.2 Å². The van der Waals surface area contributed by atoms with Crippen molar-refractivity contribution in [2.75, 3.05) is 13.2 Å². The molecule has 1 rings (SSSR count). The molecule has 116 valence electrons. The number of aromatic nitrogens is 2. The van der Waals surface area contributed by atoms with Crippen molar-refractivity contribution in [3.8, 4) is 0 Å². The van der Waals surface area contributed by atoms with Gasteiger partial charge in [-0.2, -0.15) is 5.10 Å². The van der Waals surface area contributed by atoms with Gasteiger partial charge in [-0.3, -0.25) is 4.68 Å². The molecule has 0 saturated heterocycles. The van der Waals surface area contributed by atoms with Crippen LogP contribution in [0.2, 0.25) is 5.02 Å². The summed E-state index contributed by atoms with van der Waals surface area (Å²) in [6, 6.07) is 0.258. The second-order valence-electron chi connectivity index (χ2n) is 5.09. The smallest absolute Gasteiger partial charge is 0.0847 e. The predicted octanol–water partition coefficient (Wildman–Crippen LogP) is 3.20. The molecule has 0 aliphatic heterocycles. The standard InChI is InChI=1S/C15H28ClN3O/c1-6-9-17-13(12(5)20-8-3)10-14-15(16)11(4)18-19(14)7-2/h12-13,17H,6-10H2,1-5H3. The molecule has 1 N–H and O–H groups in total. The topological polar surface area (TPSA) is 39.1 Å². The molecule has 20 heavy (non-hydrogen) atoms. The lowest BCUT2D eigenvalue weighted by Crippen LogP contribution is -2.42. The van der Waals surface area contributed by atoms with Crippen molar-refractivity contribution < 1.29 is 4.74 Å². The molecule has 0 saturated carbocycles. The van der Waals surface area contributed by atoms with Gasteiger partial charge in [0.2, 0.25) is 0 Å². The van der Waals surface area contributed by atoms with Crippen LogP contribution in [0.4, 0.5) is 0 Å². The zero-order valence-electron chi connectivity index (χ0n) is 13.4. The van der Waals surface area contributed by atoms with Gasteiger partial charge in [-0.05, 0) is 40.7 Å². The van der Waals surface area contributed by atoms with Crippen LogP contribution in [0.25, 0.3) is 0 Å². The third kappa shape index (κ3) is 4.47. The Bertz CT molecular complexity index is 406. The molecule has 0 aromatic carbocycles. The van der Waals surface area contributed by atoms with Crippen molar-refractivity contribution in [1.29, 1.82) is 0 Å². The number of nitrogens with one attached hydrogen (secondary N) is 1. The Balaban J connectivity index is 2.87. The molecule has 4 nitrogen and oxygen atoms in total. The van der Waals surface area contributed by atoms with Gasteiger partial charge in [0.1, 0.15) is 0 Å². The van der Waals surface area contributed by atoms with Gasteiger partial charge in [0.15, 0.2) is 0 Å². The Hall–Kier alpha value is -0.580. The molecule has 1 aromatic heterocycles. The van der Waals surface area contributed by atoms with Gasteiger partial charge in [-0.25, -0.2) is 0 Å². The van der Waals surface area contributed by atoms with Gasteiger partial charge in [0, 0.05) is 25.6 Å². The number of hydrogen-bond donors (Lipinski definition) is 1. The highest BCUT2D eigenvalue weighted by molar-refractivity contribution is 6.31. The van der Waals surface area contributed by atoms with Gasteiger partial charge < -0.3 is 10.1 Å². The van der Waals surface area contributed by atoms with E-state index in [2.05, 4.69) is 31.2 Å². The van der Waals surface area contributed by atoms with E-state index in [1.807, 2.05) is 18.5 Å². The van der Waals surface area contributed by atoms with E-state index < -0.39 is 0 Å². The maximum absolute atomic E-state index is 6.40. The SMILES string of the molecule is CCCNC(Cc1c(Cl)c(C)nn1CC)C(C)OCC. The van der Waals surface area contributed by atoms with E-state index in [1.54, 1.807) is 0 Å². The van der Waals surface area contributed by atoms with Gasteiger partial charge in [-0.15, -0.1) is 0 Å². The van der Waals surface area contributed by atoms with Crippen LogP contribution in [0.5, 0.6) is 0 Å². The first-order valence-electron chi connectivity index (χ1n) is 7.61. The summed E-state index contributed by atoms with van der Waals surface area (Å²) in [5.74, 6) is 0. The summed E-state index contributed by atoms with van der Waals surface area (Å²) in [6.07, 6.45) is 2.10. The van der Waals surface area contributed by atoms with Gasteiger partial charge in [0.25, 0.3) is 0 Å². The first-order chi connectivity index (χ1) is 9.54. The van der Waals surface area contributed by atoms with Crippen LogP contribution >= 0.6 is 11.6 Å². The number of aryl methyl sites for hydroxylation is 2. The number of ether oxygens (including phenoxy) is 1. The monoisotopic (exact) mass is 301 g/mol. The molecule has 0 amide bonds. The summed E-state index contributed by atoms with van der Waals surface area (Å²) >= 11 is 6.40. The van der Waals surface area contributed by atoms with E-state index in [0.717, 1.165) is 48.9 Å². The molecule has 0 aliphatic carbocycles. The largest absolute Gasteiger partial charge is 0.377 e. The van der Waals surface area contributed by atoms with Crippen LogP contribution < -0.4 is 5.32 Å². The summed E-state index contributed by atoms with van der Waals surface area (Å²) in [5, 5.41) is 8.84. The molecule has 0 spiro atoms. The lowest BCUT2D eigenvalue weighted by Gasteiger charge is -2.25. The maximum atomic E-state index is 6.40. The minimum atomic E-state index is 0.156. The zero-order chi connectivity index (χ0) is 15.1. The quantitative estimate of drug-likeness (QED) is 0.761. The van der Waals surface area contributed by atoms with E-state index in [4.69, 9.17) is 16.3 Å². The van der Waals surface area contributed by atoms with E-state index >= 15 is 0 Å². The Morgan fingerprint density at radius 3 is 2.60 bits per heavy atom. The summed E-state index contributed by atoms with van der Waals surface area (Å²) < 4.78 is 7.76. The molecule has 2 atom stereocenters. The number of nitrogens with zero attached hydrogens (tertiary/aromatic N) is 2. The van der Waals surface area contributed by atoms with Crippen LogP contribution in [0, 0.1) is 6.92 Å². The molecule has 1 aromatic rings. The van der Waals surface area contributed by atoms with E-state index in [0.29, 0.717) is 0 Å². The highest BCUT2D eigenvalue weighted by Gasteiger charge is 2.22. The predicted molar refractivity (Wildman–Crippen MR) is 84.5 cm³/mol. The summed E-state index contributed by atoms with van der Waals surface area (Å²) in [4.78, 5) is 0.